The predicted octanol–water partition coefficient (Wildman–Crippen LogP) is 1.93. The Morgan fingerprint density at radius 3 is 2.61 bits per heavy atom. The van der Waals surface area contributed by atoms with E-state index in [0.717, 1.165) is 16.1 Å². The lowest BCUT2D eigenvalue weighted by atomic mass is 10.3. The first-order valence-corrected chi connectivity index (χ1v) is 9.40. The van der Waals surface area contributed by atoms with Crippen LogP contribution in [-0.4, -0.2) is 32.1 Å². The summed E-state index contributed by atoms with van der Waals surface area (Å²) in [5.41, 5.74) is 1.26. The van der Waals surface area contributed by atoms with E-state index in [1.165, 1.54) is 0 Å². The summed E-state index contributed by atoms with van der Waals surface area (Å²) in [6, 6.07) is 10.4. The van der Waals surface area contributed by atoms with Gasteiger partial charge >= 0.3 is 0 Å². The van der Waals surface area contributed by atoms with Gasteiger partial charge in [0.15, 0.2) is 0 Å². The fraction of sp³-hybridized carbons (Fsp3) is 0.200. The smallest absolute Gasteiger partial charge is 0.241 e. The van der Waals surface area contributed by atoms with Crippen molar-refractivity contribution in [3.8, 4) is 0 Å². The van der Waals surface area contributed by atoms with Crippen molar-refractivity contribution in [1.82, 2.24) is 10.3 Å². The molecule has 0 saturated carbocycles. The number of halogens is 1. The molecule has 0 atom stereocenters. The lowest BCUT2D eigenvalue weighted by Crippen LogP contribution is -2.40. The highest BCUT2D eigenvalue weighted by Gasteiger charge is 2.22. The SMILES string of the molecule is CS(=O)(=O)N(CC(=O)NCc1cccnc1)c1ccccc1Br. The molecule has 1 heterocycles. The number of pyridine rings is 1. The van der Waals surface area contributed by atoms with E-state index in [-0.39, 0.29) is 6.54 Å². The zero-order valence-corrected chi connectivity index (χ0v) is 14.8. The summed E-state index contributed by atoms with van der Waals surface area (Å²) < 4.78 is 25.7. The summed E-state index contributed by atoms with van der Waals surface area (Å²) in [4.78, 5) is 16.1. The van der Waals surface area contributed by atoms with Crippen molar-refractivity contribution in [1.29, 1.82) is 0 Å². The van der Waals surface area contributed by atoms with E-state index in [2.05, 4.69) is 26.2 Å². The van der Waals surface area contributed by atoms with Gasteiger partial charge < -0.3 is 5.32 Å². The zero-order valence-electron chi connectivity index (χ0n) is 12.4. The normalized spacial score (nSPS) is 11.0. The van der Waals surface area contributed by atoms with Gasteiger partial charge in [-0.15, -0.1) is 0 Å². The maximum Gasteiger partial charge on any atom is 0.241 e. The third kappa shape index (κ3) is 5.04. The molecule has 0 aliphatic carbocycles. The van der Waals surface area contributed by atoms with E-state index in [9.17, 15) is 13.2 Å². The first-order valence-electron chi connectivity index (χ1n) is 6.76. The molecule has 0 saturated heterocycles. The van der Waals surface area contributed by atoms with Gasteiger partial charge in [0.1, 0.15) is 6.54 Å². The molecule has 8 heteroatoms. The molecule has 23 heavy (non-hydrogen) atoms. The Labute approximate surface area is 143 Å². The number of carbonyl (C=O) groups excluding carboxylic acids is 1. The maximum atomic E-state index is 12.1. The number of nitrogens with zero attached hydrogens (tertiary/aromatic N) is 2. The predicted molar refractivity (Wildman–Crippen MR) is 92.4 cm³/mol. The van der Waals surface area contributed by atoms with Crippen LogP contribution >= 0.6 is 15.9 Å². The monoisotopic (exact) mass is 397 g/mol. The second-order valence-electron chi connectivity index (χ2n) is 4.86. The fourth-order valence-electron chi connectivity index (χ4n) is 1.92. The second-order valence-corrected chi connectivity index (χ2v) is 7.62. The lowest BCUT2D eigenvalue weighted by molar-refractivity contribution is -0.119. The first kappa shape index (κ1) is 17.4. The number of amides is 1. The molecule has 0 aliphatic heterocycles. The van der Waals surface area contributed by atoms with Gasteiger partial charge in [-0.1, -0.05) is 18.2 Å². The van der Waals surface area contributed by atoms with Gasteiger partial charge in [-0.3, -0.25) is 14.1 Å². The van der Waals surface area contributed by atoms with Crippen molar-refractivity contribution in [3.63, 3.8) is 0 Å². The summed E-state index contributed by atoms with van der Waals surface area (Å²) in [6.07, 6.45) is 4.35. The quantitative estimate of drug-likeness (QED) is 0.807. The minimum absolute atomic E-state index is 0.290. The number of benzene rings is 1. The molecular weight excluding hydrogens is 382 g/mol. The fourth-order valence-corrected chi connectivity index (χ4v) is 3.41. The van der Waals surface area contributed by atoms with Gasteiger partial charge in [-0.05, 0) is 39.7 Å². The van der Waals surface area contributed by atoms with Crippen molar-refractivity contribution >= 4 is 37.5 Å². The van der Waals surface area contributed by atoms with Crippen LogP contribution in [0.3, 0.4) is 0 Å². The molecule has 122 valence electrons. The molecule has 2 rings (SSSR count). The van der Waals surface area contributed by atoms with Crippen LogP contribution < -0.4 is 9.62 Å². The molecule has 1 N–H and O–H groups in total. The van der Waals surface area contributed by atoms with Crippen LogP contribution in [0.2, 0.25) is 0 Å². The van der Waals surface area contributed by atoms with Crippen LogP contribution in [0, 0.1) is 0 Å². The van der Waals surface area contributed by atoms with E-state index in [1.807, 2.05) is 6.07 Å². The van der Waals surface area contributed by atoms with Crippen LogP contribution in [0.15, 0.2) is 53.3 Å². The van der Waals surface area contributed by atoms with Crippen molar-refractivity contribution in [2.24, 2.45) is 0 Å². The number of hydrogen-bond donors (Lipinski definition) is 1. The van der Waals surface area contributed by atoms with Crippen molar-refractivity contribution < 1.29 is 13.2 Å². The molecule has 6 nitrogen and oxygen atoms in total. The van der Waals surface area contributed by atoms with E-state index in [4.69, 9.17) is 0 Å². The van der Waals surface area contributed by atoms with E-state index >= 15 is 0 Å². The molecule has 1 amide bonds. The highest BCUT2D eigenvalue weighted by atomic mass is 79.9. The van der Waals surface area contributed by atoms with E-state index < -0.39 is 15.9 Å². The number of hydrogen-bond acceptors (Lipinski definition) is 4. The molecule has 0 unspecified atom stereocenters. The van der Waals surface area contributed by atoms with Gasteiger partial charge in [0, 0.05) is 23.4 Å². The Kier molecular flexibility index (Phi) is 5.73. The topological polar surface area (TPSA) is 79.4 Å². The number of para-hydroxylation sites is 1. The zero-order chi connectivity index (χ0) is 16.9. The minimum atomic E-state index is -3.59. The molecule has 1 aromatic carbocycles. The average molecular weight is 398 g/mol. The number of sulfonamides is 1. The van der Waals surface area contributed by atoms with Gasteiger partial charge in [0.25, 0.3) is 0 Å². The summed E-state index contributed by atoms with van der Waals surface area (Å²) in [7, 11) is -3.59. The molecule has 0 fully saturated rings. The largest absolute Gasteiger partial charge is 0.350 e. The van der Waals surface area contributed by atoms with E-state index in [0.29, 0.717) is 16.7 Å². The van der Waals surface area contributed by atoms with Crippen LogP contribution in [0.25, 0.3) is 0 Å². The number of aromatic nitrogens is 1. The van der Waals surface area contributed by atoms with E-state index in [1.54, 1.807) is 42.7 Å². The molecule has 1 aromatic heterocycles. The van der Waals surface area contributed by atoms with Crippen LogP contribution in [-0.2, 0) is 21.4 Å². The molecule has 0 spiro atoms. The maximum absolute atomic E-state index is 12.1. The Hall–Kier alpha value is -1.93. The Morgan fingerprint density at radius 1 is 1.26 bits per heavy atom. The molecular formula is C15H16BrN3O3S. The third-order valence-electron chi connectivity index (χ3n) is 3.02. The van der Waals surface area contributed by atoms with Crippen LogP contribution in [0.1, 0.15) is 5.56 Å². The van der Waals surface area contributed by atoms with Crippen LogP contribution in [0.4, 0.5) is 5.69 Å². The highest BCUT2D eigenvalue weighted by Crippen LogP contribution is 2.27. The van der Waals surface area contributed by atoms with Crippen molar-refractivity contribution in [3.05, 3.63) is 58.8 Å². The molecule has 2 aromatic rings. The average Bonchev–Trinajstić information content (AvgIpc) is 2.51. The van der Waals surface area contributed by atoms with Crippen LogP contribution in [0.5, 0.6) is 0 Å². The highest BCUT2D eigenvalue weighted by molar-refractivity contribution is 9.10. The van der Waals surface area contributed by atoms with Crippen molar-refractivity contribution in [2.45, 2.75) is 6.54 Å². The number of anilines is 1. The summed E-state index contributed by atoms with van der Waals surface area (Å²) in [5, 5.41) is 2.69. The molecule has 0 bridgehead atoms. The van der Waals surface area contributed by atoms with Gasteiger partial charge in [-0.25, -0.2) is 8.42 Å². The van der Waals surface area contributed by atoms with Crippen molar-refractivity contribution in [2.75, 3.05) is 17.1 Å². The first-order chi connectivity index (χ1) is 10.9. The summed E-state index contributed by atoms with van der Waals surface area (Å²) in [5.74, 6) is -0.393. The third-order valence-corrected chi connectivity index (χ3v) is 4.82. The molecule has 0 radical (unpaired) electrons. The minimum Gasteiger partial charge on any atom is -0.350 e. The lowest BCUT2D eigenvalue weighted by Gasteiger charge is -2.23. The number of carbonyl (C=O) groups is 1. The van der Waals surface area contributed by atoms with Gasteiger partial charge in [0.05, 0.1) is 11.9 Å². The second kappa shape index (κ2) is 7.56. The Bertz CT molecular complexity index is 782. The number of nitrogens with one attached hydrogen (secondary N) is 1. The standard InChI is InChI=1S/C15H16BrN3O3S/c1-23(21,22)19(14-7-3-2-6-13(14)16)11-15(20)18-10-12-5-4-8-17-9-12/h2-9H,10-11H2,1H3,(H,18,20). The molecule has 0 aliphatic rings. The Balaban J connectivity index is 2.10. The van der Waals surface area contributed by atoms with Gasteiger partial charge in [0.2, 0.25) is 15.9 Å². The van der Waals surface area contributed by atoms with Gasteiger partial charge in [-0.2, -0.15) is 0 Å². The summed E-state index contributed by atoms with van der Waals surface area (Å²) >= 11 is 3.31. The summed E-state index contributed by atoms with van der Waals surface area (Å²) in [6.45, 7) is 0.00193. The number of rotatable bonds is 6. The Morgan fingerprint density at radius 2 is 2.00 bits per heavy atom.